The maximum absolute atomic E-state index is 12.8. The molecule has 0 bridgehead atoms. The molecule has 1 aromatic carbocycles. The molecule has 106 valence electrons. The second-order valence-electron chi connectivity index (χ2n) is 4.59. The number of hydrogen-bond acceptors (Lipinski definition) is 3. The SMILES string of the molecule is CCNC(=O)CC(CN)N(C)Cc1ccc(F)cc1. The van der Waals surface area contributed by atoms with E-state index in [-0.39, 0.29) is 17.8 Å². The molecule has 4 nitrogen and oxygen atoms in total. The summed E-state index contributed by atoms with van der Waals surface area (Å²) >= 11 is 0. The van der Waals surface area contributed by atoms with E-state index < -0.39 is 0 Å². The van der Waals surface area contributed by atoms with E-state index in [9.17, 15) is 9.18 Å². The van der Waals surface area contributed by atoms with E-state index in [1.165, 1.54) is 12.1 Å². The summed E-state index contributed by atoms with van der Waals surface area (Å²) in [6.45, 7) is 3.56. The average Bonchev–Trinajstić information content (AvgIpc) is 2.39. The van der Waals surface area contributed by atoms with E-state index in [0.717, 1.165) is 5.56 Å². The Morgan fingerprint density at radius 2 is 2.05 bits per heavy atom. The second-order valence-corrected chi connectivity index (χ2v) is 4.59. The minimum Gasteiger partial charge on any atom is -0.356 e. The van der Waals surface area contributed by atoms with Crippen molar-refractivity contribution in [2.75, 3.05) is 20.1 Å². The number of carbonyl (C=O) groups excluding carboxylic acids is 1. The Kier molecular flexibility index (Phi) is 6.45. The molecule has 0 spiro atoms. The third-order valence-electron chi connectivity index (χ3n) is 3.04. The Labute approximate surface area is 113 Å². The number of nitrogens with two attached hydrogens (primary N) is 1. The summed E-state index contributed by atoms with van der Waals surface area (Å²) in [7, 11) is 1.92. The minimum absolute atomic E-state index is 0.00362. The molecule has 0 heterocycles. The molecule has 0 saturated heterocycles. The standard InChI is InChI=1S/C14H22FN3O/c1-3-17-14(19)8-13(9-16)18(2)10-11-4-6-12(15)7-5-11/h4-7,13H,3,8-10,16H2,1-2H3,(H,17,19). The maximum atomic E-state index is 12.8. The van der Waals surface area contributed by atoms with Crippen molar-refractivity contribution in [2.45, 2.75) is 25.9 Å². The zero-order chi connectivity index (χ0) is 14.3. The average molecular weight is 267 g/mol. The highest BCUT2D eigenvalue weighted by Gasteiger charge is 2.17. The third kappa shape index (κ3) is 5.36. The van der Waals surface area contributed by atoms with Gasteiger partial charge in [-0.15, -0.1) is 0 Å². The maximum Gasteiger partial charge on any atom is 0.221 e. The number of likely N-dealkylation sites (N-methyl/N-ethyl adjacent to an activating group) is 1. The van der Waals surface area contributed by atoms with Gasteiger partial charge in [-0.3, -0.25) is 9.69 Å². The molecular formula is C14H22FN3O. The summed E-state index contributed by atoms with van der Waals surface area (Å²) < 4.78 is 12.8. The zero-order valence-electron chi connectivity index (χ0n) is 11.5. The van der Waals surface area contributed by atoms with Gasteiger partial charge in [0, 0.05) is 32.1 Å². The van der Waals surface area contributed by atoms with Gasteiger partial charge in [0.1, 0.15) is 5.82 Å². The smallest absolute Gasteiger partial charge is 0.221 e. The van der Waals surface area contributed by atoms with Crippen molar-refractivity contribution >= 4 is 5.91 Å². The highest BCUT2D eigenvalue weighted by atomic mass is 19.1. The van der Waals surface area contributed by atoms with Crippen LogP contribution in [0.4, 0.5) is 4.39 Å². The normalized spacial score (nSPS) is 12.5. The second kappa shape index (κ2) is 7.86. The van der Waals surface area contributed by atoms with Crippen LogP contribution < -0.4 is 11.1 Å². The molecule has 1 aromatic rings. The molecule has 0 aliphatic heterocycles. The van der Waals surface area contributed by atoms with Crippen molar-refractivity contribution in [2.24, 2.45) is 5.73 Å². The first kappa shape index (κ1) is 15.6. The van der Waals surface area contributed by atoms with Crippen LogP contribution in [0.2, 0.25) is 0 Å². The lowest BCUT2D eigenvalue weighted by Gasteiger charge is -2.26. The molecule has 0 aromatic heterocycles. The number of hydrogen-bond donors (Lipinski definition) is 2. The predicted molar refractivity (Wildman–Crippen MR) is 74.0 cm³/mol. The molecule has 0 fully saturated rings. The molecule has 19 heavy (non-hydrogen) atoms. The number of amides is 1. The monoisotopic (exact) mass is 267 g/mol. The van der Waals surface area contributed by atoms with Crippen LogP contribution in [0.3, 0.4) is 0 Å². The van der Waals surface area contributed by atoms with Gasteiger partial charge in [-0.2, -0.15) is 0 Å². The Morgan fingerprint density at radius 3 is 2.58 bits per heavy atom. The molecule has 1 unspecified atom stereocenters. The molecule has 1 rings (SSSR count). The summed E-state index contributed by atoms with van der Waals surface area (Å²) in [5.74, 6) is -0.243. The van der Waals surface area contributed by atoms with Crippen LogP contribution in [0.15, 0.2) is 24.3 Å². The summed E-state index contributed by atoms with van der Waals surface area (Å²) in [5, 5.41) is 2.77. The molecule has 0 aliphatic rings. The Hall–Kier alpha value is -1.46. The van der Waals surface area contributed by atoms with Crippen molar-refractivity contribution in [1.29, 1.82) is 0 Å². The van der Waals surface area contributed by atoms with Crippen LogP contribution in [0.5, 0.6) is 0 Å². The van der Waals surface area contributed by atoms with Crippen LogP contribution in [0.1, 0.15) is 18.9 Å². The van der Waals surface area contributed by atoms with E-state index in [2.05, 4.69) is 5.32 Å². The van der Waals surface area contributed by atoms with Gasteiger partial charge in [0.25, 0.3) is 0 Å². The molecule has 0 saturated carbocycles. The molecular weight excluding hydrogens is 245 g/mol. The molecule has 0 aliphatic carbocycles. The number of halogens is 1. The summed E-state index contributed by atoms with van der Waals surface area (Å²) in [5.41, 5.74) is 6.71. The quantitative estimate of drug-likeness (QED) is 0.778. The molecule has 0 radical (unpaired) electrons. The van der Waals surface area contributed by atoms with Crippen molar-refractivity contribution < 1.29 is 9.18 Å². The zero-order valence-corrected chi connectivity index (χ0v) is 11.5. The highest BCUT2D eigenvalue weighted by Crippen LogP contribution is 2.09. The van der Waals surface area contributed by atoms with Crippen molar-refractivity contribution in [3.63, 3.8) is 0 Å². The lowest BCUT2D eigenvalue weighted by molar-refractivity contribution is -0.122. The van der Waals surface area contributed by atoms with Crippen molar-refractivity contribution in [3.05, 3.63) is 35.6 Å². The number of carbonyl (C=O) groups is 1. The van der Waals surface area contributed by atoms with E-state index in [1.807, 2.05) is 18.9 Å². The summed E-state index contributed by atoms with van der Waals surface area (Å²) in [4.78, 5) is 13.6. The molecule has 5 heteroatoms. The van der Waals surface area contributed by atoms with Gasteiger partial charge in [-0.1, -0.05) is 12.1 Å². The first-order chi connectivity index (χ1) is 9.06. The van der Waals surface area contributed by atoms with Gasteiger partial charge in [-0.25, -0.2) is 4.39 Å². The van der Waals surface area contributed by atoms with E-state index in [4.69, 9.17) is 5.73 Å². The fraction of sp³-hybridized carbons (Fsp3) is 0.500. The summed E-state index contributed by atoms with van der Waals surface area (Å²) in [6.07, 6.45) is 0.377. The molecule has 1 amide bonds. The largest absolute Gasteiger partial charge is 0.356 e. The van der Waals surface area contributed by atoms with Crippen LogP contribution in [-0.2, 0) is 11.3 Å². The van der Waals surface area contributed by atoms with Gasteiger partial charge >= 0.3 is 0 Å². The van der Waals surface area contributed by atoms with Crippen LogP contribution in [0.25, 0.3) is 0 Å². The topological polar surface area (TPSA) is 58.4 Å². The van der Waals surface area contributed by atoms with E-state index >= 15 is 0 Å². The fourth-order valence-electron chi connectivity index (χ4n) is 1.91. The van der Waals surface area contributed by atoms with Gasteiger partial charge in [-0.05, 0) is 31.7 Å². The third-order valence-corrected chi connectivity index (χ3v) is 3.04. The van der Waals surface area contributed by atoms with Gasteiger partial charge < -0.3 is 11.1 Å². The summed E-state index contributed by atoms with van der Waals surface area (Å²) in [6, 6.07) is 6.34. The number of rotatable bonds is 7. The van der Waals surface area contributed by atoms with E-state index in [1.54, 1.807) is 12.1 Å². The van der Waals surface area contributed by atoms with Crippen molar-refractivity contribution in [1.82, 2.24) is 10.2 Å². The lowest BCUT2D eigenvalue weighted by Crippen LogP contribution is -2.41. The van der Waals surface area contributed by atoms with Gasteiger partial charge in [0.05, 0.1) is 0 Å². The Morgan fingerprint density at radius 1 is 1.42 bits per heavy atom. The van der Waals surface area contributed by atoms with Crippen LogP contribution >= 0.6 is 0 Å². The number of nitrogens with zero attached hydrogens (tertiary/aromatic N) is 1. The first-order valence-electron chi connectivity index (χ1n) is 6.48. The fourth-order valence-corrected chi connectivity index (χ4v) is 1.91. The number of benzene rings is 1. The number of nitrogens with one attached hydrogen (secondary N) is 1. The lowest BCUT2D eigenvalue weighted by atomic mass is 10.1. The van der Waals surface area contributed by atoms with E-state index in [0.29, 0.717) is 26.1 Å². The van der Waals surface area contributed by atoms with Crippen LogP contribution in [-0.4, -0.2) is 37.0 Å². The highest BCUT2D eigenvalue weighted by molar-refractivity contribution is 5.76. The van der Waals surface area contributed by atoms with Crippen LogP contribution in [0, 0.1) is 5.82 Å². The van der Waals surface area contributed by atoms with Crippen molar-refractivity contribution in [3.8, 4) is 0 Å². The first-order valence-corrected chi connectivity index (χ1v) is 6.48. The molecule has 3 N–H and O–H groups in total. The molecule has 1 atom stereocenters. The van der Waals surface area contributed by atoms with Gasteiger partial charge in [0.15, 0.2) is 0 Å². The minimum atomic E-state index is -0.246. The Bertz CT molecular complexity index is 394. The predicted octanol–water partition coefficient (Wildman–Crippen LogP) is 1.11. The van der Waals surface area contributed by atoms with Gasteiger partial charge in [0.2, 0.25) is 5.91 Å². The Balaban J connectivity index is 2.55.